The smallest absolute Gasteiger partial charge is 0.104 e. The van der Waals surface area contributed by atoms with Gasteiger partial charge in [0.05, 0.1) is 0 Å². The second-order valence-corrected chi connectivity index (χ2v) is 3.56. The van der Waals surface area contributed by atoms with Crippen LogP contribution < -0.4 is 0 Å². The Labute approximate surface area is 52.1 Å². The normalized spacial score (nSPS) is 18.1. The van der Waals surface area contributed by atoms with Crippen molar-refractivity contribution in [1.82, 2.24) is 0 Å². The average molecular weight is 208 g/mol. The van der Waals surface area contributed by atoms with E-state index in [4.69, 9.17) is 5.11 Å². The van der Waals surface area contributed by atoms with Crippen LogP contribution in [-0.4, -0.2) is 8.80 Å². The molecule has 0 atom stereocenters. The summed E-state index contributed by atoms with van der Waals surface area (Å²) < 4.78 is 2.58. The van der Waals surface area contributed by atoms with Crippen molar-refractivity contribution in [3.63, 3.8) is 0 Å². The van der Waals surface area contributed by atoms with E-state index in [0.29, 0.717) is 3.69 Å². The molecule has 0 unspecified atom stereocenters. The summed E-state index contributed by atoms with van der Waals surface area (Å²) in [7, 11) is 0. The molecule has 1 aliphatic heterocycles. The van der Waals surface area contributed by atoms with Crippen molar-refractivity contribution >= 4 is 24.4 Å². The van der Waals surface area contributed by atoms with Crippen LogP contribution in [0.3, 0.4) is 0 Å². The number of rotatable bonds is 0. The average Bonchev–Trinajstić information content (AvgIpc) is 1.69. The highest BCUT2D eigenvalue weighted by Gasteiger charge is 1.81. The molecule has 0 saturated heterocycles. The van der Waals surface area contributed by atoms with Crippen LogP contribution in [0.25, 0.3) is 0 Å². The Kier molecular flexibility index (Phi) is 1.76. The highest BCUT2D eigenvalue weighted by molar-refractivity contribution is 14.2. The Morgan fingerprint density at radius 1 is 1.43 bits per heavy atom. The summed E-state index contributed by atoms with van der Waals surface area (Å²) in [6, 6.07) is 0. The van der Waals surface area contributed by atoms with Gasteiger partial charge in [-0.3, -0.25) is 0 Å². The van der Waals surface area contributed by atoms with Gasteiger partial charge in [-0.25, -0.2) is 0 Å². The van der Waals surface area contributed by atoms with Gasteiger partial charge in [-0.2, -0.15) is 0 Å². The fourth-order valence-electron chi connectivity index (χ4n) is 0.314. The molecule has 0 aromatic heterocycles. The van der Waals surface area contributed by atoms with Crippen LogP contribution in [0.5, 0.6) is 0 Å². The van der Waals surface area contributed by atoms with E-state index in [0.717, 1.165) is 0 Å². The topological polar surface area (TPSA) is 20.2 Å². The predicted octanol–water partition coefficient (Wildman–Crippen LogP) is 1.54. The molecule has 38 valence electrons. The number of aliphatic hydroxyl groups is 1. The van der Waals surface area contributed by atoms with E-state index in [1.54, 1.807) is 6.08 Å². The minimum absolute atomic E-state index is 0.143. The van der Waals surface area contributed by atoms with Gasteiger partial charge >= 0.3 is 0 Å². The van der Waals surface area contributed by atoms with Crippen LogP contribution in [0, 0.1) is 0 Å². The molecule has 0 aromatic carbocycles. The standard InChI is InChI=1S/C5H5IO/c7-5-3-1-2-4-6-5/h1-4,7H. The highest BCUT2D eigenvalue weighted by Crippen LogP contribution is 2.06. The van der Waals surface area contributed by atoms with Gasteiger partial charge in [0.2, 0.25) is 0 Å². The zero-order valence-corrected chi connectivity index (χ0v) is 5.79. The Balaban J connectivity index is 2.82. The summed E-state index contributed by atoms with van der Waals surface area (Å²) in [6.07, 6.45) is 5.55. The molecule has 1 heterocycles. The lowest BCUT2D eigenvalue weighted by molar-refractivity contribution is 0.576. The van der Waals surface area contributed by atoms with Crippen molar-refractivity contribution in [2.75, 3.05) is 0 Å². The molecule has 0 amide bonds. The third-order valence-electron chi connectivity index (χ3n) is 0.592. The Bertz CT molecular complexity index is 144. The number of hydrogen-bond donors (Lipinski definition) is 1. The molecule has 1 N–H and O–H groups in total. The summed E-state index contributed by atoms with van der Waals surface area (Å²) in [4.78, 5) is 0. The fraction of sp³-hybridized carbons (Fsp3) is 0. The quantitative estimate of drug-likeness (QED) is 0.598. The number of allylic oxidation sites excluding steroid dienone is 2. The van der Waals surface area contributed by atoms with Gasteiger partial charge in [-0.05, 0) is 10.2 Å². The van der Waals surface area contributed by atoms with Gasteiger partial charge in [0.25, 0.3) is 0 Å². The molecule has 1 nitrogen and oxygen atoms in total. The fourth-order valence-corrected chi connectivity index (χ4v) is 1.55. The van der Waals surface area contributed by atoms with E-state index in [-0.39, 0.29) is 20.7 Å². The molecule has 1 rings (SSSR count). The third-order valence-corrected chi connectivity index (χ3v) is 2.36. The van der Waals surface area contributed by atoms with E-state index >= 15 is 0 Å². The maximum absolute atomic E-state index is 8.74. The first-order valence-corrected chi connectivity index (χ1v) is 4.24. The van der Waals surface area contributed by atoms with Crippen molar-refractivity contribution in [1.29, 1.82) is 0 Å². The monoisotopic (exact) mass is 208 g/mol. The second-order valence-electron chi connectivity index (χ2n) is 1.11. The number of hydrogen-bond acceptors (Lipinski definition) is 1. The van der Waals surface area contributed by atoms with Gasteiger partial charge in [0.15, 0.2) is 0 Å². The molecule has 0 aromatic rings. The van der Waals surface area contributed by atoms with Gasteiger partial charge < -0.3 is 5.11 Å². The molecule has 1 aliphatic rings. The van der Waals surface area contributed by atoms with Crippen molar-refractivity contribution in [3.05, 3.63) is 22.3 Å². The first-order chi connectivity index (χ1) is 3.39. The van der Waals surface area contributed by atoms with Gasteiger partial charge in [-0.1, -0.05) is 32.9 Å². The molecule has 0 fully saturated rings. The molecule has 0 saturated carbocycles. The Morgan fingerprint density at radius 3 is 2.57 bits per heavy atom. The van der Waals surface area contributed by atoms with E-state index in [1.807, 2.05) is 16.2 Å². The van der Waals surface area contributed by atoms with Crippen LogP contribution in [0.1, 0.15) is 0 Å². The SMILES string of the molecule is OC1=IC=CC=C1. The molecule has 2 heteroatoms. The lowest BCUT2D eigenvalue weighted by atomic mass is 10.5. The van der Waals surface area contributed by atoms with E-state index in [2.05, 4.69) is 0 Å². The Morgan fingerprint density at radius 2 is 2.29 bits per heavy atom. The van der Waals surface area contributed by atoms with Crippen LogP contribution in [0.4, 0.5) is 0 Å². The lowest BCUT2D eigenvalue weighted by Crippen LogP contribution is -1.83. The third kappa shape index (κ3) is 1.53. The minimum atomic E-state index is -0.143. The maximum atomic E-state index is 8.74. The van der Waals surface area contributed by atoms with Gasteiger partial charge in [0, 0.05) is 0 Å². The molecule has 0 bridgehead atoms. The van der Waals surface area contributed by atoms with E-state index < -0.39 is 0 Å². The highest BCUT2D eigenvalue weighted by atomic mass is 127. The van der Waals surface area contributed by atoms with E-state index in [9.17, 15) is 0 Å². The number of halogens is 1. The second kappa shape index (κ2) is 2.37. The van der Waals surface area contributed by atoms with Crippen LogP contribution in [-0.2, 0) is 0 Å². The van der Waals surface area contributed by atoms with Gasteiger partial charge in [0.1, 0.15) is 3.69 Å². The predicted molar refractivity (Wildman–Crippen MR) is 39.2 cm³/mol. The first kappa shape index (κ1) is 5.18. The zero-order chi connectivity index (χ0) is 5.11. The summed E-state index contributed by atoms with van der Waals surface area (Å²) >= 11 is -0.143. The molecular weight excluding hydrogens is 203 g/mol. The Hall–Kier alpha value is 0.0400. The largest absolute Gasteiger partial charge is 0.355 e. The molecular formula is C5H5IO. The zero-order valence-electron chi connectivity index (χ0n) is 3.63. The number of aliphatic hydroxyl groups excluding tert-OH is 1. The first-order valence-electron chi connectivity index (χ1n) is 1.92. The summed E-state index contributed by atoms with van der Waals surface area (Å²) in [5, 5.41) is 8.74. The summed E-state index contributed by atoms with van der Waals surface area (Å²) in [5.74, 6) is 0. The molecule has 0 aliphatic carbocycles. The van der Waals surface area contributed by atoms with Crippen molar-refractivity contribution in [2.24, 2.45) is 0 Å². The minimum Gasteiger partial charge on any atom is -0.355 e. The van der Waals surface area contributed by atoms with E-state index in [1.165, 1.54) is 0 Å². The molecule has 0 radical (unpaired) electrons. The molecule has 0 spiro atoms. The summed E-state index contributed by atoms with van der Waals surface area (Å²) in [6.45, 7) is 0. The van der Waals surface area contributed by atoms with Gasteiger partial charge in [-0.15, -0.1) is 0 Å². The van der Waals surface area contributed by atoms with Crippen molar-refractivity contribution < 1.29 is 5.11 Å². The summed E-state index contributed by atoms with van der Waals surface area (Å²) in [5.41, 5.74) is 0. The lowest BCUT2D eigenvalue weighted by Gasteiger charge is -1.87. The molecule has 7 heavy (non-hydrogen) atoms. The van der Waals surface area contributed by atoms with Crippen LogP contribution in [0.15, 0.2) is 22.3 Å². The van der Waals surface area contributed by atoms with Crippen molar-refractivity contribution in [2.45, 2.75) is 0 Å². The maximum Gasteiger partial charge on any atom is 0.104 e. The van der Waals surface area contributed by atoms with Crippen LogP contribution >= 0.6 is 20.7 Å². The van der Waals surface area contributed by atoms with Crippen LogP contribution in [0.2, 0.25) is 0 Å². The van der Waals surface area contributed by atoms with Crippen molar-refractivity contribution in [3.8, 4) is 0 Å².